The van der Waals surface area contributed by atoms with Crippen LogP contribution in [0.15, 0.2) is 53.6 Å². The number of benzene rings is 1. The summed E-state index contributed by atoms with van der Waals surface area (Å²) in [4.78, 5) is 26.0. The van der Waals surface area contributed by atoms with Crippen molar-refractivity contribution in [2.75, 3.05) is 6.54 Å². The zero-order valence-corrected chi connectivity index (χ0v) is 13.6. The molecule has 0 radical (unpaired) electrons. The molecular formula is C19H17FN4O. The van der Waals surface area contributed by atoms with Gasteiger partial charge in [0.25, 0.3) is 5.56 Å². The number of nitrogens with one attached hydrogen (secondary N) is 1. The Labute approximate surface area is 144 Å². The first-order valence-electron chi connectivity index (χ1n) is 8.18. The molecule has 126 valence electrons. The van der Waals surface area contributed by atoms with Crippen molar-refractivity contribution < 1.29 is 4.39 Å². The van der Waals surface area contributed by atoms with Crippen LogP contribution in [0.1, 0.15) is 16.8 Å². The average Bonchev–Trinajstić information content (AvgIpc) is 2.63. The predicted octanol–water partition coefficient (Wildman–Crippen LogP) is 2.53. The molecule has 1 N–H and O–H groups in total. The van der Waals surface area contributed by atoms with E-state index in [9.17, 15) is 9.18 Å². The predicted molar refractivity (Wildman–Crippen MR) is 92.3 cm³/mol. The summed E-state index contributed by atoms with van der Waals surface area (Å²) in [5, 5.41) is 0. The van der Waals surface area contributed by atoms with Gasteiger partial charge in [-0.3, -0.25) is 14.7 Å². The lowest BCUT2D eigenvalue weighted by atomic mass is 10.1. The normalized spacial score (nSPS) is 14.3. The standard InChI is InChI=1S/C19H17FN4O/c20-15-8-13(9-21-10-15)11-24-7-6-17-16(12-24)19(25)23-18(22-17)14-4-2-1-3-5-14/h1-5,8-10H,6-7,11-12H2,(H,22,23,25). The van der Waals surface area contributed by atoms with E-state index >= 15 is 0 Å². The molecule has 0 atom stereocenters. The molecule has 0 unspecified atom stereocenters. The lowest BCUT2D eigenvalue weighted by Gasteiger charge is -2.27. The zero-order chi connectivity index (χ0) is 17.2. The molecule has 5 nitrogen and oxygen atoms in total. The largest absolute Gasteiger partial charge is 0.306 e. The Kier molecular flexibility index (Phi) is 4.11. The van der Waals surface area contributed by atoms with Gasteiger partial charge in [-0.05, 0) is 11.6 Å². The van der Waals surface area contributed by atoms with Crippen LogP contribution in [0.5, 0.6) is 0 Å². The summed E-state index contributed by atoms with van der Waals surface area (Å²) >= 11 is 0. The van der Waals surface area contributed by atoms with E-state index in [1.54, 1.807) is 6.20 Å². The number of nitrogens with zero attached hydrogens (tertiary/aromatic N) is 3. The number of H-pyrrole nitrogens is 1. The maximum Gasteiger partial charge on any atom is 0.255 e. The third kappa shape index (κ3) is 3.34. The number of aromatic amines is 1. The summed E-state index contributed by atoms with van der Waals surface area (Å²) in [5.41, 5.74) is 3.13. The maximum absolute atomic E-state index is 13.3. The van der Waals surface area contributed by atoms with Crippen molar-refractivity contribution in [3.63, 3.8) is 0 Å². The Morgan fingerprint density at radius 2 is 2.04 bits per heavy atom. The number of halogens is 1. The van der Waals surface area contributed by atoms with Crippen LogP contribution in [0.3, 0.4) is 0 Å². The minimum atomic E-state index is -0.345. The Morgan fingerprint density at radius 1 is 1.20 bits per heavy atom. The number of pyridine rings is 1. The highest BCUT2D eigenvalue weighted by molar-refractivity contribution is 5.54. The Balaban J connectivity index is 1.58. The van der Waals surface area contributed by atoms with Crippen molar-refractivity contribution in [2.24, 2.45) is 0 Å². The quantitative estimate of drug-likeness (QED) is 0.798. The summed E-state index contributed by atoms with van der Waals surface area (Å²) in [6.07, 6.45) is 3.54. The molecule has 0 fully saturated rings. The minimum Gasteiger partial charge on any atom is -0.306 e. The summed E-state index contributed by atoms with van der Waals surface area (Å²) < 4.78 is 13.3. The maximum atomic E-state index is 13.3. The van der Waals surface area contributed by atoms with Crippen LogP contribution in [-0.4, -0.2) is 26.4 Å². The molecule has 0 saturated heterocycles. The molecule has 3 aromatic rings. The first kappa shape index (κ1) is 15.7. The second kappa shape index (κ2) is 6.57. The van der Waals surface area contributed by atoms with Crippen LogP contribution in [-0.2, 0) is 19.5 Å². The molecule has 0 aliphatic carbocycles. The minimum absolute atomic E-state index is 0.106. The van der Waals surface area contributed by atoms with E-state index in [0.29, 0.717) is 30.9 Å². The highest BCUT2D eigenvalue weighted by atomic mass is 19.1. The van der Waals surface area contributed by atoms with Gasteiger partial charge in [-0.1, -0.05) is 30.3 Å². The van der Waals surface area contributed by atoms with Crippen LogP contribution in [0, 0.1) is 5.82 Å². The molecule has 1 aliphatic rings. The van der Waals surface area contributed by atoms with E-state index in [1.165, 1.54) is 12.3 Å². The Hall–Kier alpha value is -2.86. The first-order valence-corrected chi connectivity index (χ1v) is 8.18. The van der Waals surface area contributed by atoms with E-state index in [-0.39, 0.29) is 11.4 Å². The van der Waals surface area contributed by atoms with E-state index in [2.05, 4.69) is 19.9 Å². The smallest absolute Gasteiger partial charge is 0.255 e. The van der Waals surface area contributed by atoms with Crippen molar-refractivity contribution in [2.45, 2.75) is 19.5 Å². The molecular weight excluding hydrogens is 319 g/mol. The topological polar surface area (TPSA) is 61.9 Å². The van der Waals surface area contributed by atoms with Crippen LogP contribution >= 0.6 is 0 Å². The van der Waals surface area contributed by atoms with E-state index in [0.717, 1.165) is 23.4 Å². The van der Waals surface area contributed by atoms with Gasteiger partial charge in [-0.15, -0.1) is 0 Å². The molecule has 0 bridgehead atoms. The number of rotatable bonds is 3. The fourth-order valence-electron chi connectivity index (χ4n) is 3.15. The molecule has 0 spiro atoms. The molecule has 6 heteroatoms. The second-order valence-corrected chi connectivity index (χ2v) is 6.18. The highest BCUT2D eigenvalue weighted by Gasteiger charge is 2.21. The van der Waals surface area contributed by atoms with Gasteiger partial charge in [0.15, 0.2) is 0 Å². The third-order valence-electron chi connectivity index (χ3n) is 4.36. The second-order valence-electron chi connectivity index (χ2n) is 6.18. The van der Waals surface area contributed by atoms with Crippen LogP contribution in [0.4, 0.5) is 4.39 Å². The Bertz CT molecular complexity index is 955. The van der Waals surface area contributed by atoms with Gasteiger partial charge < -0.3 is 4.98 Å². The molecule has 4 rings (SSSR count). The van der Waals surface area contributed by atoms with Gasteiger partial charge in [0.1, 0.15) is 11.6 Å². The van der Waals surface area contributed by atoms with E-state index in [4.69, 9.17) is 0 Å². The fraction of sp³-hybridized carbons (Fsp3) is 0.211. The SMILES string of the molecule is O=c1[nH]c(-c2ccccc2)nc2c1CN(Cc1cncc(F)c1)CC2. The van der Waals surface area contributed by atoms with Crippen LogP contribution in [0.25, 0.3) is 11.4 Å². The van der Waals surface area contributed by atoms with Gasteiger partial charge >= 0.3 is 0 Å². The lowest BCUT2D eigenvalue weighted by Crippen LogP contribution is -2.35. The van der Waals surface area contributed by atoms with Crippen LogP contribution < -0.4 is 5.56 Å². The average molecular weight is 336 g/mol. The Morgan fingerprint density at radius 3 is 2.84 bits per heavy atom. The van der Waals surface area contributed by atoms with Crippen molar-refractivity contribution in [1.29, 1.82) is 0 Å². The van der Waals surface area contributed by atoms with Crippen molar-refractivity contribution in [1.82, 2.24) is 19.9 Å². The van der Waals surface area contributed by atoms with E-state index in [1.807, 2.05) is 30.3 Å². The van der Waals surface area contributed by atoms with E-state index < -0.39 is 0 Å². The van der Waals surface area contributed by atoms with Gasteiger partial charge in [0.05, 0.1) is 17.5 Å². The third-order valence-corrected chi connectivity index (χ3v) is 4.36. The van der Waals surface area contributed by atoms with Crippen molar-refractivity contribution in [3.05, 3.63) is 81.8 Å². The lowest BCUT2D eigenvalue weighted by molar-refractivity contribution is 0.241. The number of fused-ring (bicyclic) bond motifs is 1. The summed E-state index contributed by atoms with van der Waals surface area (Å²) in [6, 6.07) is 11.1. The number of aromatic nitrogens is 3. The summed E-state index contributed by atoms with van der Waals surface area (Å²) in [5.74, 6) is 0.258. The molecule has 3 heterocycles. The molecule has 1 aromatic carbocycles. The molecule has 0 amide bonds. The highest BCUT2D eigenvalue weighted by Crippen LogP contribution is 2.19. The van der Waals surface area contributed by atoms with Crippen molar-refractivity contribution in [3.8, 4) is 11.4 Å². The van der Waals surface area contributed by atoms with Gasteiger partial charge in [-0.25, -0.2) is 9.37 Å². The number of hydrogen-bond donors (Lipinski definition) is 1. The molecule has 25 heavy (non-hydrogen) atoms. The monoisotopic (exact) mass is 336 g/mol. The summed E-state index contributed by atoms with van der Waals surface area (Å²) in [6.45, 7) is 1.83. The molecule has 1 aliphatic heterocycles. The van der Waals surface area contributed by atoms with Crippen LogP contribution in [0.2, 0.25) is 0 Å². The number of hydrogen-bond acceptors (Lipinski definition) is 4. The first-order chi connectivity index (χ1) is 12.2. The van der Waals surface area contributed by atoms with Gasteiger partial charge in [0, 0.05) is 37.8 Å². The van der Waals surface area contributed by atoms with Gasteiger partial charge in [0.2, 0.25) is 0 Å². The zero-order valence-electron chi connectivity index (χ0n) is 13.6. The summed E-state index contributed by atoms with van der Waals surface area (Å²) in [7, 11) is 0. The fourth-order valence-corrected chi connectivity index (χ4v) is 3.15. The van der Waals surface area contributed by atoms with Crippen molar-refractivity contribution >= 4 is 0 Å². The molecule has 0 saturated carbocycles. The molecule has 2 aromatic heterocycles. The van der Waals surface area contributed by atoms with Gasteiger partial charge in [-0.2, -0.15) is 0 Å².